The van der Waals surface area contributed by atoms with Crippen LogP contribution in [0.5, 0.6) is 0 Å². The Kier molecular flexibility index (Phi) is 5.49. The molecule has 0 saturated heterocycles. The number of halogens is 4. The molecular formula is C17H12Cl2F2N4O. The number of hydrogen-bond donors (Lipinski definition) is 2. The van der Waals surface area contributed by atoms with Gasteiger partial charge in [-0.3, -0.25) is 4.79 Å². The first-order valence-corrected chi connectivity index (χ1v) is 8.27. The summed E-state index contributed by atoms with van der Waals surface area (Å²) in [6, 6.07) is 9.46. The van der Waals surface area contributed by atoms with E-state index in [0.717, 1.165) is 0 Å². The van der Waals surface area contributed by atoms with E-state index in [1.54, 1.807) is 18.2 Å². The Labute approximate surface area is 157 Å². The molecule has 0 fully saturated rings. The van der Waals surface area contributed by atoms with E-state index in [4.69, 9.17) is 23.2 Å². The molecule has 26 heavy (non-hydrogen) atoms. The lowest BCUT2D eigenvalue weighted by molar-refractivity contribution is -0.123. The van der Waals surface area contributed by atoms with Crippen LogP contribution in [0.3, 0.4) is 0 Å². The molecular weight excluding hydrogens is 385 g/mol. The minimum atomic E-state index is -2.10. The number of aromatic nitrogens is 2. The van der Waals surface area contributed by atoms with Gasteiger partial charge in [0.1, 0.15) is 18.0 Å². The van der Waals surface area contributed by atoms with E-state index in [1.165, 1.54) is 24.5 Å². The maximum Gasteiger partial charge on any atom is 0.270 e. The highest BCUT2D eigenvalue weighted by molar-refractivity contribution is 6.31. The highest BCUT2D eigenvalue weighted by atomic mass is 35.5. The number of benzene rings is 2. The van der Waals surface area contributed by atoms with Gasteiger partial charge in [-0.2, -0.15) is 0 Å². The van der Waals surface area contributed by atoms with Crippen molar-refractivity contribution in [3.8, 4) is 0 Å². The van der Waals surface area contributed by atoms with Gasteiger partial charge in [0.05, 0.1) is 10.5 Å². The van der Waals surface area contributed by atoms with Crippen LogP contribution in [0.15, 0.2) is 42.7 Å². The number of amides is 1. The number of nitrogens with zero attached hydrogens (tertiary/aromatic N) is 2. The molecule has 1 amide bonds. The van der Waals surface area contributed by atoms with Crippen LogP contribution in [0, 0.1) is 5.82 Å². The summed E-state index contributed by atoms with van der Waals surface area (Å²) in [4.78, 5) is 19.6. The number of anilines is 2. The maximum absolute atomic E-state index is 13.3. The quantitative estimate of drug-likeness (QED) is 0.630. The Morgan fingerprint density at radius 3 is 2.73 bits per heavy atom. The predicted molar refractivity (Wildman–Crippen MR) is 96.8 cm³/mol. The van der Waals surface area contributed by atoms with Crippen molar-refractivity contribution in [3.63, 3.8) is 0 Å². The van der Waals surface area contributed by atoms with Crippen molar-refractivity contribution in [2.75, 3.05) is 5.32 Å². The average Bonchev–Trinajstić information content (AvgIpc) is 2.63. The number of rotatable bonds is 5. The number of nitrogens with one attached hydrogen (secondary N) is 2. The Morgan fingerprint density at radius 1 is 1.19 bits per heavy atom. The van der Waals surface area contributed by atoms with E-state index in [0.29, 0.717) is 28.0 Å². The summed E-state index contributed by atoms with van der Waals surface area (Å²) in [5, 5.41) is 6.09. The lowest BCUT2D eigenvalue weighted by atomic mass is 10.1. The molecule has 0 aliphatic rings. The van der Waals surface area contributed by atoms with E-state index < -0.39 is 17.4 Å². The Hall–Kier alpha value is -2.51. The molecule has 0 radical (unpaired) electrons. The number of carbonyl (C=O) groups is 1. The van der Waals surface area contributed by atoms with Crippen molar-refractivity contribution < 1.29 is 13.6 Å². The number of alkyl halides is 2. The van der Waals surface area contributed by atoms with Gasteiger partial charge in [0, 0.05) is 17.6 Å². The number of carbonyl (C=O) groups excluding carboxylic acids is 1. The third-order valence-corrected chi connectivity index (χ3v) is 4.03. The largest absolute Gasteiger partial charge is 0.348 e. The molecule has 134 valence electrons. The zero-order valence-corrected chi connectivity index (χ0v) is 14.7. The van der Waals surface area contributed by atoms with Gasteiger partial charge in [0.2, 0.25) is 0 Å². The highest BCUT2D eigenvalue weighted by Crippen LogP contribution is 2.26. The molecule has 2 aromatic carbocycles. The first-order valence-electron chi connectivity index (χ1n) is 7.45. The fourth-order valence-corrected chi connectivity index (χ4v) is 2.55. The van der Waals surface area contributed by atoms with Crippen LogP contribution in [-0.4, -0.2) is 21.5 Å². The normalized spacial score (nSPS) is 12.0. The van der Waals surface area contributed by atoms with E-state index in [9.17, 15) is 13.6 Å². The Balaban J connectivity index is 1.88. The van der Waals surface area contributed by atoms with Crippen molar-refractivity contribution in [3.05, 3.63) is 59.1 Å². The molecule has 0 aliphatic heterocycles. The molecule has 0 spiro atoms. The average molecular weight is 397 g/mol. The molecule has 1 aromatic heterocycles. The minimum Gasteiger partial charge on any atom is -0.348 e. The van der Waals surface area contributed by atoms with Crippen LogP contribution < -0.4 is 10.6 Å². The van der Waals surface area contributed by atoms with Crippen molar-refractivity contribution >= 4 is 51.5 Å². The van der Waals surface area contributed by atoms with E-state index in [2.05, 4.69) is 20.6 Å². The van der Waals surface area contributed by atoms with Gasteiger partial charge in [-0.25, -0.2) is 18.7 Å². The third-order valence-electron chi connectivity index (χ3n) is 3.55. The van der Waals surface area contributed by atoms with Crippen LogP contribution in [0.2, 0.25) is 5.02 Å². The van der Waals surface area contributed by atoms with Crippen molar-refractivity contribution in [2.24, 2.45) is 0 Å². The van der Waals surface area contributed by atoms with Gasteiger partial charge < -0.3 is 10.6 Å². The van der Waals surface area contributed by atoms with E-state index in [-0.39, 0.29) is 11.6 Å². The lowest BCUT2D eigenvalue weighted by Crippen LogP contribution is -2.28. The molecule has 9 heteroatoms. The fourth-order valence-electron chi connectivity index (χ4n) is 2.29. The molecule has 1 unspecified atom stereocenters. The predicted octanol–water partition coefficient (Wildman–Crippen LogP) is 4.32. The van der Waals surface area contributed by atoms with Gasteiger partial charge in [-0.15, -0.1) is 0 Å². The molecule has 3 rings (SSSR count). The monoisotopic (exact) mass is 396 g/mol. The number of hydrogen-bond acceptors (Lipinski definition) is 4. The molecule has 1 heterocycles. The van der Waals surface area contributed by atoms with E-state index >= 15 is 0 Å². The summed E-state index contributed by atoms with van der Waals surface area (Å²) >= 11 is 10.9. The van der Waals surface area contributed by atoms with Crippen LogP contribution in [0.25, 0.3) is 10.9 Å². The molecule has 1 atom stereocenters. The summed E-state index contributed by atoms with van der Waals surface area (Å²) in [7, 11) is 0. The third kappa shape index (κ3) is 4.17. The molecule has 2 N–H and O–H groups in total. The summed E-state index contributed by atoms with van der Waals surface area (Å²) in [6.07, 6.45) is 1.39. The molecule has 0 bridgehead atoms. The SMILES string of the molecule is O=C(NCc1ccc2ncnc(Nc3ccc(F)c(Cl)c3)c2c1)C(F)Cl. The fraction of sp³-hybridized carbons (Fsp3) is 0.118. The van der Waals surface area contributed by atoms with Crippen molar-refractivity contribution in [1.82, 2.24) is 15.3 Å². The summed E-state index contributed by atoms with van der Waals surface area (Å²) in [5.41, 5.74) is -0.179. The Morgan fingerprint density at radius 2 is 2.00 bits per heavy atom. The Bertz CT molecular complexity index is 969. The van der Waals surface area contributed by atoms with Crippen molar-refractivity contribution in [1.29, 1.82) is 0 Å². The topological polar surface area (TPSA) is 66.9 Å². The van der Waals surface area contributed by atoms with Gasteiger partial charge in [0.25, 0.3) is 11.5 Å². The minimum absolute atomic E-state index is 0.0152. The molecule has 0 aliphatic carbocycles. The second kappa shape index (κ2) is 7.80. The van der Waals surface area contributed by atoms with Gasteiger partial charge in [-0.1, -0.05) is 29.3 Å². The second-order valence-electron chi connectivity index (χ2n) is 5.35. The van der Waals surface area contributed by atoms with Crippen molar-refractivity contribution in [2.45, 2.75) is 12.2 Å². The number of fused-ring (bicyclic) bond motifs is 1. The van der Waals surface area contributed by atoms with Gasteiger partial charge >= 0.3 is 0 Å². The van der Waals surface area contributed by atoms with Crippen LogP contribution in [0.1, 0.15) is 5.56 Å². The molecule has 5 nitrogen and oxygen atoms in total. The second-order valence-corrected chi connectivity index (χ2v) is 6.14. The van der Waals surface area contributed by atoms with Gasteiger partial charge in [-0.05, 0) is 35.9 Å². The first kappa shape index (κ1) is 18.3. The van der Waals surface area contributed by atoms with Crippen LogP contribution in [-0.2, 0) is 11.3 Å². The van der Waals surface area contributed by atoms with Gasteiger partial charge in [0.15, 0.2) is 0 Å². The maximum atomic E-state index is 13.3. The summed E-state index contributed by atoms with van der Waals surface area (Å²) < 4.78 is 26.0. The summed E-state index contributed by atoms with van der Waals surface area (Å²) in [5.74, 6) is -0.949. The highest BCUT2D eigenvalue weighted by Gasteiger charge is 2.13. The lowest BCUT2D eigenvalue weighted by Gasteiger charge is -2.11. The zero-order valence-electron chi connectivity index (χ0n) is 13.1. The smallest absolute Gasteiger partial charge is 0.270 e. The standard InChI is InChI=1S/C17H12Cl2F2N4O/c18-12-6-10(2-3-13(12)20)25-16-11-5-9(7-22-17(26)15(19)21)1-4-14(11)23-8-24-16/h1-6,8,15H,7H2,(H,22,26)(H,23,24,25). The summed E-state index contributed by atoms with van der Waals surface area (Å²) in [6.45, 7) is 0.0959. The zero-order chi connectivity index (χ0) is 18.7. The first-order chi connectivity index (χ1) is 12.4. The molecule has 3 aromatic rings. The van der Waals surface area contributed by atoms with E-state index in [1.807, 2.05) is 0 Å². The molecule has 0 saturated carbocycles. The van der Waals surface area contributed by atoms with Crippen LogP contribution >= 0.6 is 23.2 Å². The van der Waals surface area contributed by atoms with Crippen LogP contribution in [0.4, 0.5) is 20.3 Å².